The summed E-state index contributed by atoms with van der Waals surface area (Å²) in [4.78, 5) is 41.1. The molecule has 35 heavy (non-hydrogen) atoms. The van der Waals surface area contributed by atoms with Gasteiger partial charge in [0.1, 0.15) is 5.75 Å². The number of carbonyl (C=O) groups excluding carboxylic acids is 3. The van der Waals surface area contributed by atoms with Gasteiger partial charge >= 0.3 is 12.1 Å². The van der Waals surface area contributed by atoms with Crippen molar-refractivity contribution in [3.63, 3.8) is 0 Å². The lowest BCUT2D eigenvalue weighted by molar-refractivity contribution is -0.134. The minimum Gasteiger partial charge on any atom is -0.453 e. The van der Waals surface area contributed by atoms with E-state index in [-0.39, 0.29) is 23.3 Å². The predicted octanol–water partition coefficient (Wildman–Crippen LogP) is 4.96. The number of nitrogen functional groups attached to an aromatic ring is 1. The van der Waals surface area contributed by atoms with E-state index < -0.39 is 6.09 Å². The first kappa shape index (κ1) is 25.5. The molecule has 0 atom stereocenters. The number of ketones is 1. The Labute approximate surface area is 207 Å². The average Bonchev–Trinajstić information content (AvgIpc) is 2.88. The summed E-state index contributed by atoms with van der Waals surface area (Å²) in [6, 6.07) is 22.5. The van der Waals surface area contributed by atoms with Crippen molar-refractivity contribution in [2.75, 3.05) is 18.6 Å². The van der Waals surface area contributed by atoms with E-state index in [1.165, 1.54) is 18.9 Å². The van der Waals surface area contributed by atoms with Gasteiger partial charge in [-0.15, -0.1) is 0 Å². The highest BCUT2D eigenvalue weighted by Crippen LogP contribution is 2.26. The summed E-state index contributed by atoms with van der Waals surface area (Å²) in [5.74, 6) is 0.428. The highest BCUT2D eigenvalue weighted by atomic mass is 32.2. The van der Waals surface area contributed by atoms with Crippen molar-refractivity contribution in [3.8, 4) is 5.75 Å². The average molecular weight is 492 g/mol. The summed E-state index contributed by atoms with van der Waals surface area (Å²) in [7, 11) is 1.24. The number of hydrogen-bond acceptors (Lipinski definition) is 8. The summed E-state index contributed by atoms with van der Waals surface area (Å²) >= 11 is 1.22. The van der Waals surface area contributed by atoms with Crippen molar-refractivity contribution in [2.24, 2.45) is 4.99 Å². The van der Waals surface area contributed by atoms with Crippen molar-refractivity contribution in [1.82, 2.24) is 5.32 Å². The van der Waals surface area contributed by atoms with Crippen molar-refractivity contribution in [1.29, 1.82) is 0 Å². The number of methoxy groups -OCH3 is 1. The van der Waals surface area contributed by atoms with Crippen LogP contribution in [0.4, 0.5) is 16.2 Å². The highest BCUT2D eigenvalue weighted by Gasteiger charge is 2.13. The molecule has 1 amide bonds. The minimum absolute atomic E-state index is 0.172. The second-order valence-electron chi connectivity index (χ2n) is 7.24. The van der Waals surface area contributed by atoms with Crippen LogP contribution in [0.2, 0.25) is 0 Å². The number of thioether (sulfide) groups is 1. The van der Waals surface area contributed by atoms with E-state index in [1.54, 1.807) is 66.7 Å². The van der Waals surface area contributed by atoms with Crippen molar-refractivity contribution in [2.45, 2.75) is 12.8 Å². The summed E-state index contributed by atoms with van der Waals surface area (Å²) < 4.78 is 9.95. The Bertz CT molecular complexity index is 1200. The molecule has 3 rings (SSSR count). The van der Waals surface area contributed by atoms with Gasteiger partial charge in [-0.25, -0.2) is 9.79 Å². The molecule has 0 saturated heterocycles. The SMILES string of the molecule is COC(=O)NC(=Nc1cc(C(=O)c2ccccc2)ccc1N)SCCCC(=O)Oc1ccccc1. The first-order chi connectivity index (χ1) is 17.0. The largest absolute Gasteiger partial charge is 0.453 e. The second kappa shape index (κ2) is 13.0. The van der Waals surface area contributed by atoms with Crippen LogP contribution in [0, 0.1) is 0 Å². The molecule has 0 fully saturated rings. The number of aliphatic imine (C=N–C) groups is 1. The molecule has 0 saturated carbocycles. The van der Waals surface area contributed by atoms with E-state index in [9.17, 15) is 14.4 Å². The Morgan fingerprint density at radius 1 is 0.943 bits per heavy atom. The number of rotatable bonds is 8. The molecule has 8 nitrogen and oxygen atoms in total. The third-order valence-electron chi connectivity index (χ3n) is 4.68. The molecule has 0 aliphatic rings. The van der Waals surface area contributed by atoms with Crippen LogP contribution in [0.15, 0.2) is 83.9 Å². The maximum atomic E-state index is 12.8. The lowest BCUT2D eigenvalue weighted by Gasteiger charge is -2.10. The number of anilines is 1. The summed E-state index contributed by atoms with van der Waals surface area (Å²) in [6.45, 7) is 0. The van der Waals surface area contributed by atoms with Gasteiger partial charge in [0, 0.05) is 23.3 Å². The van der Waals surface area contributed by atoms with E-state index in [2.05, 4.69) is 15.0 Å². The lowest BCUT2D eigenvalue weighted by Crippen LogP contribution is -2.28. The number of amides is 1. The first-order valence-electron chi connectivity index (χ1n) is 10.8. The van der Waals surface area contributed by atoms with E-state index in [4.69, 9.17) is 10.5 Å². The number of hydrogen-bond donors (Lipinski definition) is 2. The molecular formula is C26H25N3O5S. The fourth-order valence-electron chi connectivity index (χ4n) is 2.94. The van der Waals surface area contributed by atoms with Crippen molar-refractivity contribution >= 4 is 46.2 Å². The number of benzene rings is 3. The van der Waals surface area contributed by atoms with Crippen LogP contribution in [0.25, 0.3) is 0 Å². The highest BCUT2D eigenvalue weighted by molar-refractivity contribution is 8.13. The number of ether oxygens (including phenoxy) is 2. The molecule has 0 aliphatic heterocycles. The topological polar surface area (TPSA) is 120 Å². The summed E-state index contributed by atoms with van der Waals surface area (Å²) in [6.07, 6.45) is -0.0218. The van der Waals surface area contributed by atoms with Crippen molar-refractivity contribution < 1.29 is 23.9 Å². The van der Waals surface area contributed by atoms with E-state index >= 15 is 0 Å². The molecule has 0 radical (unpaired) electrons. The van der Waals surface area contributed by atoms with Gasteiger partial charge in [0.05, 0.1) is 18.5 Å². The third-order valence-corrected chi connectivity index (χ3v) is 5.64. The number of esters is 1. The number of nitrogens with two attached hydrogens (primary N) is 1. The molecule has 180 valence electrons. The van der Waals surface area contributed by atoms with Gasteiger partial charge in [-0.3, -0.25) is 14.9 Å². The van der Waals surface area contributed by atoms with Gasteiger partial charge < -0.3 is 15.2 Å². The molecule has 0 aromatic heterocycles. The number of alkyl carbamates (subject to hydrolysis) is 1. The molecule has 0 bridgehead atoms. The van der Waals surface area contributed by atoms with Gasteiger partial charge in [0.25, 0.3) is 0 Å². The third kappa shape index (κ3) is 8.01. The molecule has 9 heteroatoms. The number of para-hydroxylation sites is 1. The van der Waals surface area contributed by atoms with Gasteiger partial charge in [-0.05, 0) is 36.8 Å². The zero-order valence-electron chi connectivity index (χ0n) is 19.1. The fraction of sp³-hybridized carbons (Fsp3) is 0.154. The van der Waals surface area contributed by atoms with Gasteiger partial charge in [-0.2, -0.15) is 0 Å². The first-order valence-corrected chi connectivity index (χ1v) is 11.8. The van der Waals surface area contributed by atoms with Gasteiger partial charge in [0.15, 0.2) is 11.0 Å². The van der Waals surface area contributed by atoms with Crippen LogP contribution in [0.5, 0.6) is 5.75 Å². The van der Waals surface area contributed by atoms with Crippen LogP contribution >= 0.6 is 11.8 Å². The summed E-state index contributed by atoms with van der Waals surface area (Å²) in [5.41, 5.74) is 7.69. The normalized spacial score (nSPS) is 10.9. The number of amidine groups is 1. The molecule has 0 spiro atoms. The van der Waals surface area contributed by atoms with Gasteiger partial charge in [-0.1, -0.05) is 60.3 Å². The van der Waals surface area contributed by atoms with Crippen LogP contribution in [-0.2, 0) is 9.53 Å². The van der Waals surface area contributed by atoms with Crippen LogP contribution < -0.4 is 15.8 Å². The van der Waals surface area contributed by atoms with Crippen molar-refractivity contribution in [3.05, 3.63) is 90.0 Å². The molecule has 3 N–H and O–H groups in total. The quantitative estimate of drug-likeness (QED) is 0.0869. The molecular weight excluding hydrogens is 466 g/mol. The maximum absolute atomic E-state index is 12.8. The zero-order valence-corrected chi connectivity index (χ0v) is 19.9. The molecule has 3 aromatic carbocycles. The molecule has 0 unspecified atom stereocenters. The van der Waals surface area contributed by atoms with Gasteiger partial charge in [0.2, 0.25) is 0 Å². The van der Waals surface area contributed by atoms with Crippen LogP contribution in [0.1, 0.15) is 28.8 Å². The Morgan fingerprint density at radius 3 is 2.31 bits per heavy atom. The number of carbonyl (C=O) groups is 3. The summed E-state index contributed by atoms with van der Waals surface area (Å²) in [5, 5.41) is 2.77. The smallest absolute Gasteiger partial charge is 0.412 e. The predicted molar refractivity (Wildman–Crippen MR) is 137 cm³/mol. The molecule has 0 aliphatic carbocycles. The standard InChI is InChI=1S/C26H25N3O5S/c1-33-26(32)29-25(35-16-8-13-23(30)34-20-11-6-3-7-12-20)28-22-17-19(14-15-21(22)27)24(31)18-9-4-2-5-10-18/h2-7,9-12,14-15,17H,8,13,16,27H2,1H3,(H,28,29,32). The monoisotopic (exact) mass is 491 g/mol. The van der Waals surface area contributed by atoms with Crippen LogP contribution in [0.3, 0.4) is 0 Å². The molecule has 0 heterocycles. The molecule has 3 aromatic rings. The second-order valence-corrected chi connectivity index (χ2v) is 8.33. The Morgan fingerprint density at radius 2 is 1.63 bits per heavy atom. The van der Waals surface area contributed by atoms with E-state index in [0.29, 0.717) is 40.4 Å². The maximum Gasteiger partial charge on any atom is 0.412 e. The van der Waals surface area contributed by atoms with E-state index in [1.807, 2.05) is 12.1 Å². The van der Waals surface area contributed by atoms with Crippen LogP contribution in [-0.4, -0.2) is 35.9 Å². The number of nitrogens with zero attached hydrogens (tertiary/aromatic N) is 1. The fourth-order valence-corrected chi connectivity index (χ4v) is 3.74. The Kier molecular flexibility index (Phi) is 9.44. The van der Waals surface area contributed by atoms with E-state index in [0.717, 1.165) is 0 Å². The Balaban J connectivity index is 1.67. The lowest BCUT2D eigenvalue weighted by atomic mass is 10.0. The Hall–Kier alpha value is -4.11. The number of nitrogens with one attached hydrogen (secondary N) is 1. The minimum atomic E-state index is -0.699. The zero-order chi connectivity index (χ0) is 25.0.